The van der Waals surface area contributed by atoms with Gasteiger partial charge in [0.05, 0.1) is 18.2 Å². The molecule has 2 aliphatic heterocycles. The summed E-state index contributed by atoms with van der Waals surface area (Å²) in [5.74, 6) is 1.16. The zero-order chi connectivity index (χ0) is 29.9. The van der Waals surface area contributed by atoms with Crippen molar-refractivity contribution in [3.63, 3.8) is 0 Å². The normalized spacial score (nSPS) is 23.1. The molecule has 0 spiro atoms. The number of piperazine rings is 1. The molecule has 2 saturated heterocycles. The molecule has 4 aromatic rings. The Balaban J connectivity index is 1.35. The minimum Gasteiger partial charge on any atom is -0.376 e. The first-order chi connectivity index (χ1) is 19.9. The maximum atomic E-state index is 15.2. The predicted octanol–water partition coefficient (Wildman–Crippen LogP) is 5.42. The van der Waals surface area contributed by atoms with Crippen molar-refractivity contribution in [1.82, 2.24) is 34.0 Å². The fraction of sp³-hybridized carbons (Fsp3) is 0.586. The summed E-state index contributed by atoms with van der Waals surface area (Å²) in [4.78, 5) is 14.3. The van der Waals surface area contributed by atoms with E-state index in [9.17, 15) is 13.2 Å². The third kappa shape index (κ3) is 5.00. The molecule has 226 valence electrons. The highest BCUT2D eigenvalue weighted by atomic mass is 19.4. The molecule has 2 aliphatic rings. The molecule has 2 fully saturated rings. The van der Waals surface area contributed by atoms with Crippen molar-refractivity contribution in [2.45, 2.75) is 84.4 Å². The third-order valence-corrected chi connectivity index (χ3v) is 8.66. The van der Waals surface area contributed by atoms with Crippen molar-refractivity contribution in [2.24, 2.45) is 5.92 Å². The van der Waals surface area contributed by atoms with E-state index < -0.39 is 23.6 Å². The summed E-state index contributed by atoms with van der Waals surface area (Å²) < 4.78 is 64.8. The minimum atomic E-state index is -4.60. The van der Waals surface area contributed by atoms with Crippen LogP contribution in [0.3, 0.4) is 0 Å². The van der Waals surface area contributed by atoms with Crippen LogP contribution in [-0.4, -0.2) is 71.9 Å². The molecule has 0 aliphatic carbocycles. The SMILES string of the molecule is Cc1nc2c(N3C[C@@H](C)N([C@H](c4ccc(C(F)(F)F)cc4F)C(C)C)C[C@@H]3C)nc3nncn3c2n1CC1CCCO1. The Morgan fingerprint density at radius 3 is 2.55 bits per heavy atom. The number of rotatable bonds is 6. The first-order valence-electron chi connectivity index (χ1n) is 14.5. The second-order valence-corrected chi connectivity index (χ2v) is 12.0. The van der Waals surface area contributed by atoms with Crippen molar-refractivity contribution >= 4 is 22.8 Å². The number of aryl methyl sites for hydroxylation is 1. The van der Waals surface area contributed by atoms with Crippen LogP contribution in [0.5, 0.6) is 0 Å². The summed E-state index contributed by atoms with van der Waals surface area (Å²) in [6.07, 6.45) is -0.796. The number of halogens is 4. The highest BCUT2D eigenvalue weighted by Crippen LogP contribution is 2.39. The summed E-state index contributed by atoms with van der Waals surface area (Å²) in [6.45, 7) is 12.6. The van der Waals surface area contributed by atoms with Gasteiger partial charge in [-0.05, 0) is 51.7 Å². The second kappa shape index (κ2) is 10.7. The van der Waals surface area contributed by atoms with Gasteiger partial charge in [-0.3, -0.25) is 4.90 Å². The van der Waals surface area contributed by atoms with Gasteiger partial charge in [0.25, 0.3) is 5.78 Å². The van der Waals surface area contributed by atoms with Gasteiger partial charge < -0.3 is 14.2 Å². The maximum absolute atomic E-state index is 15.2. The Labute approximate surface area is 241 Å². The van der Waals surface area contributed by atoms with E-state index in [2.05, 4.69) is 38.4 Å². The zero-order valence-electron chi connectivity index (χ0n) is 24.4. The number of anilines is 1. The molecule has 1 aromatic carbocycles. The number of ether oxygens (including phenoxy) is 1. The first-order valence-corrected chi connectivity index (χ1v) is 14.5. The molecule has 0 amide bonds. The van der Waals surface area contributed by atoms with Crippen molar-refractivity contribution in [2.75, 3.05) is 24.6 Å². The smallest absolute Gasteiger partial charge is 0.376 e. The van der Waals surface area contributed by atoms with Gasteiger partial charge in [0.15, 0.2) is 11.5 Å². The fourth-order valence-electron chi connectivity index (χ4n) is 6.66. The zero-order valence-corrected chi connectivity index (χ0v) is 24.4. The molecular weight excluding hydrogens is 552 g/mol. The Bertz CT molecular complexity index is 1590. The topological polar surface area (TPSA) is 76.6 Å². The molecular formula is C29H36F4N8O. The van der Waals surface area contributed by atoms with Gasteiger partial charge in [0, 0.05) is 43.4 Å². The third-order valence-electron chi connectivity index (χ3n) is 8.66. The number of alkyl halides is 3. The molecule has 0 bridgehead atoms. The lowest BCUT2D eigenvalue weighted by atomic mass is 9.90. The summed E-state index contributed by atoms with van der Waals surface area (Å²) in [5, 5.41) is 8.38. The maximum Gasteiger partial charge on any atom is 0.416 e. The number of aromatic nitrogens is 6. The van der Waals surface area contributed by atoms with Crippen molar-refractivity contribution in [1.29, 1.82) is 0 Å². The Morgan fingerprint density at radius 2 is 1.88 bits per heavy atom. The van der Waals surface area contributed by atoms with Crippen LogP contribution in [-0.2, 0) is 17.5 Å². The average Bonchev–Trinajstić information content (AvgIpc) is 3.67. The van der Waals surface area contributed by atoms with E-state index in [-0.39, 0.29) is 29.7 Å². The van der Waals surface area contributed by atoms with Crippen LogP contribution in [0.1, 0.15) is 63.5 Å². The summed E-state index contributed by atoms with van der Waals surface area (Å²) in [6, 6.07) is 2.37. The van der Waals surface area contributed by atoms with E-state index in [1.165, 1.54) is 6.07 Å². The van der Waals surface area contributed by atoms with Crippen molar-refractivity contribution in [3.05, 3.63) is 47.3 Å². The monoisotopic (exact) mass is 588 g/mol. The summed E-state index contributed by atoms with van der Waals surface area (Å²) in [5.41, 5.74) is 0.909. The summed E-state index contributed by atoms with van der Waals surface area (Å²) in [7, 11) is 0. The van der Waals surface area contributed by atoms with Crippen molar-refractivity contribution < 1.29 is 22.3 Å². The lowest BCUT2D eigenvalue weighted by Gasteiger charge is -2.49. The average molecular weight is 589 g/mol. The lowest BCUT2D eigenvalue weighted by molar-refractivity contribution is -0.137. The van der Waals surface area contributed by atoms with E-state index in [0.717, 1.165) is 42.5 Å². The Hall–Kier alpha value is -3.32. The number of fused-ring (bicyclic) bond motifs is 3. The van der Waals surface area contributed by atoms with Gasteiger partial charge >= 0.3 is 6.18 Å². The van der Waals surface area contributed by atoms with Crippen LogP contribution >= 0.6 is 0 Å². The highest BCUT2D eigenvalue weighted by Gasteiger charge is 2.39. The van der Waals surface area contributed by atoms with Gasteiger partial charge in [-0.25, -0.2) is 13.8 Å². The molecule has 42 heavy (non-hydrogen) atoms. The van der Waals surface area contributed by atoms with Gasteiger partial charge in [0.2, 0.25) is 0 Å². The van der Waals surface area contributed by atoms with E-state index in [4.69, 9.17) is 14.7 Å². The second-order valence-electron chi connectivity index (χ2n) is 12.0. The molecule has 0 N–H and O–H groups in total. The Kier molecular flexibility index (Phi) is 7.37. The molecule has 4 atom stereocenters. The summed E-state index contributed by atoms with van der Waals surface area (Å²) >= 11 is 0. The first kappa shape index (κ1) is 28.8. The highest BCUT2D eigenvalue weighted by molar-refractivity contribution is 5.87. The largest absolute Gasteiger partial charge is 0.416 e. The minimum absolute atomic E-state index is 0.0363. The molecule has 6 rings (SSSR count). The van der Waals surface area contributed by atoms with E-state index in [1.54, 1.807) is 6.33 Å². The fourth-order valence-corrected chi connectivity index (χ4v) is 6.66. The number of benzene rings is 1. The number of imidazole rings is 1. The quantitative estimate of drug-likeness (QED) is 0.279. The van der Waals surface area contributed by atoms with Crippen molar-refractivity contribution in [3.8, 4) is 0 Å². The molecule has 5 heterocycles. The van der Waals surface area contributed by atoms with Crippen LogP contribution in [0.4, 0.5) is 23.4 Å². The van der Waals surface area contributed by atoms with Crippen LogP contribution < -0.4 is 4.90 Å². The molecule has 0 radical (unpaired) electrons. The van der Waals surface area contributed by atoms with Crippen LogP contribution in [0.2, 0.25) is 0 Å². The number of nitrogens with zero attached hydrogens (tertiary/aromatic N) is 8. The lowest BCUT2D eigenvalue weighted by Crippen LogP contribution is -2.58. The van der Waals surface area contributed by atoms with Gasteiger partial charge in [0.1, 0.15) is 23.5 Å². The standard InChI is InChI=1S/C29H36F4N8O/c1-16(2)25(22-9-8-20(11-23(22)30)29(31,32)33)38-12-18(4)39(13-17(38)3)26-24-27(41-15-34-37-28(41)36-26)40(19(5)35-24)14-21-7-6-10-42-21/h8-9,11,15-18,21,25H,6-7,10,12-14H2,1-5H3/t17-,18+,21?,25+/m1/s1. The van der Waals surface area contributed by atoms with E-state index in [0.29, 0.717) is 37.3 Å². The molecule has 0 saturated carbocycles. The molecule has 3 aromatic heterocycles. The molecule has 13 heteroatoms. The van der Waals surface area contributed by atoms with Crippen LogP contribution in [0.25, 0.3) is 16.9 Å². The molecule has 1 unspecified atom stereocenters. The van der Waals surface area contributed by atoms with Gasteiger partial charge in [-0.1, -0.05) is 19.9 Å². The van der Waals surface area contributed by atoms with Gasteiger partial charge in [-0.15, -0.1) is 10.2 Å². The molecule has 9 nitrogen and oxygen atoms in total. The Morgan fingerprint density at radius 1 is 1.10 bits per heavy atom. The van der Waals surface area contributed by atoms with Crippen LogP contribution in [0.15, 0.2) is 24.5 Å². The van der Waals surface area contributed by atoms with E-state index in [1.807, 2.05) is 25.2 Å². The van der Waals surface area contributed by atoms with E-state index >= 15 is 4.39 Å². The van der Waals surface area contributed by atoms with Crippen LogP contribution in [0, 0.1) is 18.7 Å². The number of hydrogen-bond donors (Lipinski definition) is 0. The predicted molar refractivity (Wildman–Crippen MR) is 150 cm³/mol. The number of hydrogen-bond acceptors (Lipinski definition) is 7. The van der Waals surface area contributed by atoms with Gasteiger partial charge in [-0.2, -0.15) is 18.2 Å².